The van der Waals surface area contributed by atoms with Crippen LogP contribution in [0.1, 0.15) is 59.4 Å². The zero-order valence-corrected chi connectivity index (χ0v) is 25.6. The highest BCUT2D eigenvalue weighted by molar-refractivity contribution is 5.77. The van der Waals surface area contributed by atoms with E-state index in [0.29, 0.717) is 5.75 Å². The molecule has 0 unspecified atom stereocenters. The predicted molar refractivity (Wildman–Crippen MR) is 164 cm³/mol. The van der Waals surface area contributed by atoms with Gasteiger partial charge in [-0.05, 0) is 41.0 Å². The smallest absolute Gasteiger partial charge is 0.339 e. The van der Waals surface area contributed by atoms with Gasteiger partial charge < -0.3 is 33.2 Å². The van der Waals surface area contributed by atoms with Crippen molar-refractivity contribution in [1.29, 1.82) is 0 Å². The number of carbonyl (C=O) groups excluding carboxylic acids is 4. The van der Waals surface area contributed by atoms with Crippen LogP contribution in [0.5, 0.6) is 11.5 Å². The minimum Gasteiger partial charge on any atom is -0.489 e. The van der Waals surface area contributed by atoms with E-state index in [-0.39, 0.29) is 23.5 Å². The lowest BCUT2D eigenvalue weighted by atomic mass is 9.78. The van der Waals surface area contributed by atoms with Crippen LogP contribution >= 0.6 is 0 Å². The van der Waals surface area contributed by atoms with Crippen LogP contribution in [0.4, 0.5) is 0 Å². The molecule has 0 radical (unpaired) electrons. The molecule has 0 saturated carbocycles. The Labute approximate surface area is 276 Å². The van der Waals surface area contributed by atoms with Crippen LogP contribution in [0.3, 0.4) is 0 Å². The maximum Gasteiger partial charge on any atom is 0.339 e. The van der Waals surface area contributed by atoms with Crippen molar-refractivity contribution in [2.45, 2.75) is 77.2 Å². The maximum absolute atomic E-state index is 12.8. The highest BCUT2D eigenvalue weighted by Crippen LogP contribution is 2.35. The van der Waals surface area contributed by atoms with Gasteiger partial charge in [0, 0.05) is 34.4 Å². The second-order valence-corrected chi connectivity index (χ2v) is 10.4. The molecule has 3 aromatic rings. The van der Waals surface area contributed by atoms with Crippen LogP contribution in [-0.4, -0.2) is 61.7 Å². The molecule has 11 heteroatoms. The summed E-state index contributed by atoms with van der Waals surface area (Å²) in [6, 6.07) is 20.2. The SMILES string of the molecule is [2H]C([2H])([2H])C(c1ccc(OCc2ccccc2)cc1)(c1ccc(O[C@@H]2O[C@H](C(=O)OC)[C@@H](OC(C)=O)[C@H](OC(C)=O)[C@H]2OC(C)=O)cc1)C([2H])([2H])[2H]. The number of hydrogen-bond acceptors (Lipinski definition) is 11. The van der Waals surface area contributed by atoms with E-state index in [9.17, 15) is 19.2 Å². The second-order valence-electron chi connectivity index (χ2n) is 10.4. The fourth-order valence-electron chi connectivity index (χ4n) is 4.80. The maximum atomic E-state index is 12.8. The number of methoxy groups -OCH3 is 1. The minimum absolute atomic E-state index is 0.0274. The molecule has 0 bridgehead atoms. The summed E-state index contributed by atoms with van der Waals surface area (Å²) in [5.41, 5.74) is -1.76. The Morgan fingerprint density at radius 2 is 1.24 bits per heavy atom. The number of benzene rings is 3. The van der Waals surface area contributed by atoms with Gasteiger partial charge in [0.2, 0.25) is 12.4 Å². The van der Waals surface area contributed by atoms with E-state index >= 15 is 0 Å². The summed E-state index contributed by atoms with van der Waals surface area (Å²) in [5.74, 6) is -3.33. The van der Waals surface area contributed by atoms with E-state index in [0.717, 1.165) is 33.4 Å². The van der Waals surface area contributed by atoms with Gasteiger partial charge in [0.25, 0.3) is 0 Å². The monoisotopic (exact) mass is 640 g/mol. The third-order valence-electron chi connectivity index (χ3n) is 6.91. The van der Waals surface area contributed by atoms with Crippen molar-refractivity contribution in [2.75, 3.05) is 7.11 Å². The molecule has 0 N–H and O–H groups in total. The van der Waals surface area contributed by atoms with Crippen LogP contribution in [-0.2, 0) is 54.9 Å². The lowest BCUT2D eigenvalue weighted by Gasteiger charge is -2.43. The van der Waals surface area contributed by atoms with Crippen LogP contribution in [0.25, 0.3) is 0 Å². The van der Waals surface area contributed by atoms with Crippen molar-refractivity contribution < 1.29 is 60.6 Å². The van der Waals surface area contributed by atoms with Crippen LogP contribution in [0.15, 0.2) is 78.9 Å². The third-order valence-corrected chi connectivity index (χ3v) is 6.91. The molecule has 5 atom stereocenters. The van der Waals surface area contributed by atoms with Crippen molar-refractivity contribution in [3.63, 3.8) is 0 Å². The van der Waals surface area contributed by atoms with Gasteiger partial charge in [0.15, 0.2) is 18.3 Å². The molecule has 244 valence electrons. The molecule has 0 amide bonds. The lowest BCUT2D eigenvalue weighted by molar-refractivity contribution is -0.282. The normalized spacial score (nSPS) is 23.4. The van der Waals surface area contributed by atoms with E-state index in [1.807, 2.05) is 30.3 Å². The van der Waals surface area contributed by atoms with Crippen molar-refractivity contribution in [1.82, 2.24) is 0 Å². The van der Waals surface area contributed by atoms with Crippen LogP contribution < -0.4 is 9.47 Å². The quantitative estimate of drug-likeness (QED) is 0.214. The Balaban J connectivity index is 1.72. The molecule has 0 spiro atoms. The van der Waals surface area contributed by atoms with E-state index in [1.165, 1.54) is 48.5 Å². The predicted octanol–water partition coefficient (Wildman–Crippen LogP) is 4.66. The van der Waals surface area contributed by atoms with Gasteiger partial charge in [-0.15, -0.1) is 0 Å². The van der Waals surface area contributed by atoms with E-state index in [2.05, 4.69) is 0 Å². The van der Waals surface area contributed by atoms with Gasteiger partial charge in [-0.2, -0.15) is 0 Å². The first-order valence-electron chi connectivity index (χ1n) is 17.2. The summed E-state index contributed by atoms with van der Waals surface area (Å²) < 4.78 is 89.4. The minimum atomic E-state index is -3.10. The van der Waals surface area contributed by atoms with E-state index < -0.39 is 73.7 Å². The van der Waals surface area contributed by atoms with Gasteiger partial charge in [-0.25, -0.2) is 4.79 Å². The standard InChI is InChI=1S/C35H38O11/c1-21(36)42-29-30(43-22(2)37)32(44-23(3)38)34(46-31(29)33(39)40-6)45-28-18-14-26(15-19-28)35(4,5)25-12-16-27(17-13-25)41-20-24-10-8-7-9-11-24/h7-19,29-32,34H,20H2,1-6H3/t29-,30-,31-,32+,34+/m0/s1/i4D3,5D3. The first-order chi connectivity index (χ1) is 24.4. The highest BCUT2D eigenvalue weighted by Gasteiger charge is 2.55. The van der Waals surface area contributed by atoms with Crippen molar-refractivity contribution in [3.8, 4) is 11.5 Å². The third kappa shape index (κ3) is 8.42. The van der Waals surface area contributed by atoms with Crippen LogP contribution in [0.2, 0.25) is 0 Å². The van der Waals surface area contributed by atoms with Crippen molar-refractivity contribution >= 4 is 23.9 Å². The summed E-state index contributed by atoms with van der Waals surface area (Å²) in [7, 11) is 1.04. The molecule has 1 saturated heterocycles. The molecule has 1 fully saturated rings. The topological polar surface area (TPSA) is 133 Å². The van der Waals surface area contributed by atoms with Crippen molar-refractivity contribution in [3.05, 3.63) is 95.6 Å². The number of carbonyl (C=O) groups is 4. The lowest BCUT2D eigenvalue weighted by Crippen LogP contribution is -2.64. The second kappa shape index (κ2) is 14.9. The van der Waals surface area contributed by atoms with Gasteiger partial charge in [0.1, 0.15) is 18.1 Å². The summed E-state index contributed by atoms with van der Waals surface area (Å²) in [6.45, 7) is -2.83. The molecule has 46 heavy (non-hydrogen) atoms. The summed E-state index contributed by atoms with van der Waals surface area (Å²) >= 11 is 0. The van der Waals surface area contributed by atoms with Gasteiger partial charge in [-0.3, -0.25) is 14.4 Å². The Bertz CT molecular complexity index is 1700. The molecule has 1 aliphatic rings. The Morgan fingerprint density at radius 1 is 0.717 bits per heavy atom. The van der Waals surface area contributed by atoms with Gasteiger partial charge in [0.05, 0.1) is 7.11 Å². The molecule has 1 aliphatic heterocycles. The number of rotatable bonds is 11. The number of esters is 4. The van der Waals surface area contributed by atoms with Crippen LogP contribution in [0, 0.1) is 0 Å². The summed E-state index contributed by atoms with van der Waals surface area (Å²) in [4.78, 5) is 49.0. The van der Waals surface area contributed by atoms with Gasteiger partial charge >= 0.3 is 23.9 Å². The largest absolute Gasteiger partial charge is 0.489 e. The number of hydrogen-bond donors (Lipinski definition) is 0. The van der Waals surface area contributed by atoms with Gasteiger partial charge in [-0.1, -0.05) is 68.3 Å². The first kappa shape index (κ1) is 26.3. The van der Waals surface area contributed by atoms with E-state index in [1.54, 1.807) is 0 Å². The molecule has 0 aliphatic carbocycles. The first-order valence-corrected chi connectivity index (χ1v) is 14.2. The number of ether oxygens (including phenoxy) is 7. The highest BCUT2D eigenvalue weighted by atomic mass is 16.7. The van der Waals surface area contributed by atoms with E-state index in [4.69, 9.17) is 41.4 Å². The molecular formula is C35H38O11. The Morgan fingerprint density at radius 3 is 1.76 bits per heavy atom. The molecule has 0 aromatic heterocycles. The Hall–Kier alpha value is -4.90. The molecular weight excluding hydrogens is 596 g/mol. The Kier molecular flexibility index (Phi) is 8.54. The summed E-state index contributed by atoms with van der Waals surface area (Å²) in [5, 5.41) is 0. The average Bonchev–Trinajstić information content (AvgIpc) is 3.06. The fraction of sp³-hybridized carbons (Fsp3) is 0.371. The van der Waals surface area contributed by atoms with Crippen molar-refractivity contribution in [2.24, 2.45) is 0 Å². The molecule has 4 rings (SSSR count). The average molecular weight is 641 g/mol. The fourth-order valence-corrected chi connectivity index (χ4v) is 4.80. The molecule has 3 aromatic carbocycles. The summed E-state index contributed by atoms with van der Waals surface area (Å²) in [6.07, 6.45) is -8.22. The zero-order valence-electron chi connectivity index (χ0n) is 31.6. The zero-order chi connectivity index (χ0) is 38.4. The molecule has 11 nitrogen and oxygen atoms in total. The molecule has 1 heterocycles.